The van der Waals surface area contributed by atoms with Crippen molar-refractivity contribution in [1.82, 2.24) is 4.98 Å². The third kappa shape index (κ3) is 5.33. The summed E-state index contributed by atoms with van der Waals surface area (Å²) < 4.78 is 47.2. The van der Waals surface area contributed by atoms with Gasteiger partial charge in [-0.3, -0.25) is 9.79 Å². The summed E-state index contributed by atoms with van der Waals surface area (Å²) in [5.74, 6) is -6.52. The first kappa shape index (κ1) is 22.6. The first-order chi connectivity index (χ1) is 14.4. The average Bonchev–Trinajstić information content (AvgIpc) is 2.66. The maximum atomic E-state index is 14.4. The highest BCUT2D eigenvalue weighted by molar-refractivity contribution is 6.12. The highest BCUT2D eigenvalue weighted by atomic mass is 19.2. The molecule has 0 fully saturated rings. The van der Waals surface area contributed by atoms with Crippen molar-refractivity contribution in [2.75, 3.05) is 5.32 Å². The molecule has 2 radical (unpaired) electrons. The number of amides is 1. The van der Waals surface area contributed by atoms with Gasteiger partial charge in [0.05, 0.1) is 12.2 Å². The molecule has 1 unspecified atom stereocenters. The van der Waals surface area contributed by atoms with Gasteiger partial charge in [0, 0.05) is 17.3 Å². The molecule has 1 amide bonds. The number of hydrogen-bond acceptors (Lipinski definition) is 7. The summed E-state index contributed by atoms with van der Waals surface area (Å²) in [6.45, 7) is 1.26. The maximum Gasteiger partial charge on any atom is 0.274 e. The van der Waals surface area contributed by atoms with E-state index in [0.717, 1.165) is 12.3 Å². The van der Waals surface area contributed by atoms with Crippen molar-refractivity contribution in [2.24, 2.45) is 10.7 Å². The summed E-state index contributed by atoms with van der Waals surface area (Å²) in [5.41, 5.74) is 3.40. The summed E-state index contributed by atoms with van der Waals surface area (Å²) in [4.78, 5) is 20.1. The number of nitrogens with one attached hydrogen (secondary N) is 1. The second-order valence-corrected chi connectivity index (χ2v) is 7.22. The molecule has 31 heavy (non-hydrogen) atoms. The monoisotopic (exact) mass is 434 g/mol. The standard InChI is InChI=1S/C19H18BF3N4O4/c1-18(23)5-4-13(27-17(18)24)11-6-9(7-12(21)15(11)22)26-16(28)14-3-2-10(8-25-14)31-19(20,29)30/h2-3,6-8,13,29-30H,4-5H2,1H3,(H2,24,27)(H,26,28)/t13?,18-/m0/s1. The van der Waals surface area contributed by atoms with Gasteiger partial charge in [0.1, 0.15) is 17.3 Å². The number of carbonyl (C=O) groups excluding carboxylic acids is 1. The highest BCUT2D eigenvalue weighted by Crippen LogP contribution is 2.36. The number of halogens is 3. The van der Waals surface area contributed by atoms with Crippen LogP contribution in [-0.4, -0.2) is 46.3 Å². The topological polar surface area (TPSA) is 130 Å². The van der Waals surface area contributed by atoms with E-state index in [4.69, 9.17) is 23.8 Å². The fourth-order valence-corrected chi connectivity index (χ4v) is 3.00. The number of nitrogens with zero attached hydrogens (tertiary/aromatic N) is 2. The van der Waals surface area contributed by atoms with E-state index in [1.165, 1.54) is 25.1 Å². The smallest absolute Gasteiger partial charge is 0.274 e. The van der Waals surface area contributed by atoms with Crippen LogP contribution in [0.5, 0.6) is 5.75 Å². The fourth-order valence-electron chi connectivity index (χ4n) is 3.00. The first-order valence-corrected chi connectivity index (χ1v) is 9.07. The molecular formula is C19H18BF3N4O4. The Hall–Kier alpha value is -3.12. The Morgan fingerprint density at radius 3 is 2.68 bits per heavy atom. The van der Waals surface area contributed by atoms with E-state index in [1.807, 2.05) is 0 Å². The number of aliphatic imine (C=N–C) groups is 1. The van der Waals surface area contributed by atoms with Crippen LogP contribution in [0.4, 0.5) is 18.9 Å². The number of carbonyl (C=O) groups is 1. The van der Waals surface area contributed by atoms with Crippen molar-refractivity contribution in [3.05, 3.63) is 53.4 Å². The van der Waals surface area contributed by atoms with E-state index in [1.54, 1.807) is 0 Å². The number of ether oxygens (including phenoxy) is 1. The van der Waals surface area contributed by atoms with E-state index in [-0.39, 0.29) is 41.4 Å². The van der Waals surface area contributed by atoms with Crippen LogP contribution >= 0.6 is 0 Å². The quantitative estimate of drug-likeness (QED) is 0.419. The van der Waals surface area contributed by atoms with Gasteiger partial charge in [-0.25, -0.2) is 18.2 Å². The second kappa shape index (κ2) is 8.19. The Morgan fingerprint density at radius 1 is 1.39 bits per heavy atom. The number of aliphatic hydroxyl groups is 2. The van der Waals surface area contributed by atoms with Crippen molar-refractivity contribution >= 4 is 25.3 Å². The molecule has 0 spiro atoms. The third-order valence-corrected chi connectivity index (χ3v) is 4.63. The molecule has 2 aromatic rings. The lowest BCUT2D eigenvalue weighted by Crippen LogP contribution is -2.40. The van der Waals surface area contributed by atoms with E-state index >= 15 is 0 Å². The molecule has 1 aliphatic heterocycles. The van der Waals surface area contributed by atoms with Gasteiger partial charge in [0.2, 0.25) is 7.85 Å². The molecule has 1 aliphatic rings. The minimum Gasteiger partial charge on any atom is -0.447 e. The zero-order valence-electron chi connectivity index (χ0n) is 16.3. The van der Waals surface area contributed by atoms with Crippen LogP contribution in [0.3, 0.4) is 0 Å². The number of rotatable bonds is 5. The zero-order valence-corrected chi connectivity index (χ0v) is 16.3. The number of pyridine rings is 1. The Labute approximate surface area is 176 Å². The molecule has 2 heterocycles. The molecule has 0 bridgehead atoms. The molecule has 1 aromatic carbocycles. The first-order valence-electron chi connectivity index (χ1n) is 9.07. The Kier molecular flexibility index (Phi) is 5.97. The normalized spacial score (nSPS) is 21.4. The number of anilines is 1. The maximum absolute atomic E-state index is 14.4. The highest BCUT2D eigenvalue weighted by Gasteiger charge is 2.35. The molecule has 3 rings (SSSR count). The summed E-state index contributed by atoms with van der Waals surface area (Å²) in [6.07, 6.45) is 1.09. The van der Waals surface area contributed by atoms with Crippen molar-refractivity contribution in [2.45, 2.75) is 37.3 Å². The minimum absolute atomic E-state index is 0.0191. The summed E-state index contributed by atoms with van der Waals surface area (Å²) in [7, 11) is 4.87. The van der Waals surface area contributed by atoms with E-state index in [0.29, 0.717) is 0 Å². The lowest BCUT2D eigenvalue weighted by molar-refractivity contribution is -0.223. The fraction of sp³-hybridized carbons (Fsp3) is 0.316. The SMILES string of the molecule is [B]C(O)(O)Oc1ccc(C(=O)Nc2cc(F)c(F)c(C3CC[C@](C)(F)C(N)=N3)c2)nc1. The van der Waals surface area contributed by atoms with Crippen LogP contribution in [0.15, 0.2) is 35.5 Å². The molecule has 162 valence electrons. The summed E-state index contributed by atoms with van der Waals surface area (Å²) in [5, 5.41) is 20.3. The van der Waals surface area contributed by atoms with Crippen molar-refractivity contribution in [3.63, 3.8) is 0 Å². The molecule has 0 saturated heterocycles. The average molecular weight is 434 g/mol. The van der Waals surface area contributed by atoms with Crippen molar-refractivity contribution in [3.8, 4) is 5.75 Å². The van der Waals surface area contributed by atoms with Gasteiger partial charge >= 0.3 is 0 Å². The summed E-state index contributed by atoms with van der Waals surface area (Å²) >= 11 is 0. The van der Waals surface area contributed by atoms with Crippen molar-refractivity contribution < 1.29 is 32.9 Å². The molecule has 5 N–H and O–H groups in total. The van der Waals surface area contributed by atoms with E-state index < -0.39 is 35.1 Å². The largest absolute Gasteiger partial charge is 0.447 e. The molecule has 2 atom stereocenters. The van der Waals surface area contributed by atoms with Crippen LogP contribution in [0.2, 0.25) is 0 Å². The molecule has 1 aromatic heterocycles. The zero-order chi connectivity index (χ0) is 23.0. The number of alkyl halides is 1. The van der Waals surface area contributed by atoms with E-state index in [9.17, 15) is 18.0 Å². The predicted molar refractivity (Wildman–Crippen MR) is 105 cm³/mol. The van der Waals surface area contributed by atoms with Gasteiger partial charge in [-0.05, 0) is 38.0 Å². The lowest BCUT2D eigenvalue weighted by Gasteiger charge is -2.28. The number of hydrogen-bond donors (Lipinski definition) is 4. The number of benzene rings is 1. The van der Waals surface area contributed by atoms with Gasteiger partial charge < -0.3 is 26.0 Å². The molecule has 12 heteroatoms. The molecular weight excluding hydrogens is 416 g/mol. The molecule has 8 nitrogen and oxygen atoms in total. The lowest BCUT2D eigenvalue weighted by atomic mass is 9.90. The Balaban J connectivity index is 1.81. The molecule has 0 saturated carbocycles. The number of nitrogens with two attached hydrogens (primary N) is 1. The molecule has 0 aliphatic carbocycles. The van der Waals surface area contributed by atoms with Gasteiger partial charge in [0.25, 0.3) is 11.8 Å². The number of aromatic nitrogens is 1. The summed E-state index contributed by atoms with van der Waals surface area (Å²) in [6, 6.07) is 3.45. The van der Waals surface area contributed by atoms with Gasteiger partial charge in [-0.1, -0.05) is 0 Å². The van der Waals surface area contributed by atoms with Gasteiger partial charge in [0.15, 0.2) is 17.3 Å². The van der Waals surface area contributed by atoms with Crippen LogP contribution in [-0.2, 0) is 0 Å². The van der Waals surface area contributed by atoms with Crippen LogP contribution in [0.1, 0.15) is 41.9 Å². The Morgan fingerprint density at radius 2 is 2.10 bits per heavy atom. The van der Waals surface area contributed by atoms with Crippen LogP contribution in [0.25, 0.3) is 0 Å². The van der Waals surface area contributed by atoms with Crippen LogP contribution < -0.4 is 15.8 Å². The number of amidine groups is 1. The van der Waals surface area contributed by atoms with Crippen molar-refractivity contribution in [1.29, 1.82) is 0 Å². The van der Waals surface area contributed by atoms with Gasteiger partial charge in [-0.15, -0.1) is 0 Å². The third-order valence-electron chi connectivity index (χ3n) is 4.63. The minimum atomic E-state index is -2.92. The van der Waals surface area contributed by atoms with Crippen LogP contribution in [0, 0.1) is 11.6 Å². The second-order valence-electron chi connectivity index (χ2n) is 7.22. The van der Waals surface area contributed by atoms with Gasteiger partial charge in [-0.2, -0.15) is 0 Å². The predicted octanol–water partition coefficient (Wildman–Crippen LogP) is 1.68. The van der Waals surface area contributed by atoms with E-state index in [2.05, 4.69) is 20.0 Å². The Bertz CT molecular complexity index is 1030.